The van der Waals surface area contributed by atoms with Crippen molar-refractivity contribution in [3.05, 3.63) is 0 Å². The van der Waals surface area contributed by atoms with Gasteiger partial charge in [0.1, 0.15) is 0 Å². The van der Waals surface area contributed by atoms with Gasteiger partial charge in [0.05, 0.1) is 19.8 Å². The molecular formula is C14H27N3O3. The highest BCUT2D eigenvalue weighted by atomic mass is 16.5. The van der Waals surface area contributed by atoms with E-state index in [0.29, 0.717) is 6.54 Å². The Morgan fingerprint density at radius 2 is 2.00 bits per heavy atom. The summed E-state index contributed by atoms with van der Waals surface area (Å²) in [5, 5.41) is 2.88. The second kappa shape index (κ2) is 8.92. The van der Waals surface area contributed by atoms with Gasteiger partial charge in [0.25, 0.3) is 0 Å². The Balaban J connectivity index is 2.25. The standard InChI is InChI=1S/C14H27N3O3/c1-4-12(2)17(13(3)18)11-14(19)15-5-6-16-7-9-20-10-8-16/h12H,4-11H2,1-3H3,(H,15,19). The lowest BCUT2D eigenvalue weighted by atomic mass is 10.2. The SMILES string of the molecule is CCC(C)N(CC(=O)NCCN1CCOCC1)C(C)=O. The molecule has 1 heterocycles. The molecule has 0 saturated carbocycles. The minimum absolute atomic E-state index is 0.0531. The molecule has 116 valence electrons. The summed E-state index contributed by atoms with van der Waals surface area (Å²) < 4.78 is 5.27. The van der Waals surface area contributed by atoms with Crippen molar-refractivity contribution in [3.63, 3.8) is 0 Å². The maximum absolute atomic E-state index is 11.9. The largest absolute Gasteiger partial charge is 0.379 e. The maximum atomic E-state index is 11.9. The highest BCUT2D eigenvalue weighted by molar-refractivity contribution is 5.83. The van der Waals surface area contributed by atoms with Gasteiger partial charge in [0, 0.05) is 39.1 Å². The van der Waals surface area contributed by atoms with Crippen LogP contribution >= 0.6 is 0 Å². The molecule has 1 atom stereocenters. The normalized spacial score (nSPS) is 17.6. The number of carbonyl (C=O) groups is 2. The molecule has 1 saturated heterocycles. The molecule has 0 bridgehead atoms. The van der Waals surface area contributed by atoms with Crippen LogP contribution in [0.25, 0.3) is 0 Å². The fourth-order valence-electron chi connectivity index (χ4n) is 2.19. The van der Waals surface area contributed by atoms with Crippen LogP contribution in [0.2, 0.25) is 0 Å². The average Bonchev–Trinajstić information content (AvgIpc) is 2.45. The first-order chi connectivity index (χ1) is 9.54. The molecule has 0 radical (unpaired) electrons. The lowest BCUT2D eigenvalue weighted by Gasteiger charge is -2.28. The summed E-state index contributed by atoms with van der Waals surface area (Å²) in [7, 11) is 0. The topological polar surface area (TPSA) is 61.9 Å². The monoisotopic (exact) mass is 285 g/mol. The minimum atomic E-state index is -0.0891. The van der Waals surface area contributed by atoms with E-state index in [9.17, 15) is 9.59 Å². The first kappa shape index (κ1) is 16.9. The van der Waals surface area contributed by atoms with E-state index in [-0.39, 0.29) is 24.4 Å². The maximum Gasteiger partial charge on any atom is 0.239 e. The number of amides is 2. The second-order valence-corrected chi connectivity index (χ2v) is 5.21. The molecule has 1 fully saturated rings. The van der Waals surface area contributed by atoms with E-state index in [0.717, 1.165) is 39.3 Å². The summed E-state index contributed by atoms with van der Waals surface area (Å²) in [5.41, 5.74) is 0. The van der Waals surface area contributed by atoms with E-state index in [1.54, 1.807) is 4.90 Å². The van der Waals surface area contributed by atoms with Gasteiger partial charge in [-0.2, -0.15) is 0 Å². The Morgan fingerprint density at radius 1 is 1.35 bits per heavy atom. The molecule has 1 aliphatic heterocycles. The Kier molecular flexibility index (Phi) is 7.54. The third-order valence-electron chi connectivity index (χ3n) is 3.70. The predicted molar refractivity (Wildman–Crippen MR) is 77.4 cm³/mol. The third-order valence-corrected chi connectivity index (χ3v) is 3.70. The summed E-state index contributed by atoms with van der Waals surface area (Å²) >= 11 is 0. The molecule has 0 aliphatic carbocycles. The number of rotatable bonds is 7. The molecule has 1 unspecified atom stereocenters. The molecule has 1 aliphatic rings. The second-order valence-electron chi connectivity index (χ2n) is 5.21. The molecule has 1 N–H and O–H groups in total. The average molecular weight is 285 g/mol. The number of hydrogen-bond acceptors (Lipinski definition) is 4. The minimum Gasteiger partial charge on any atom is -0.379 e. The number of carbonyl (C=O) groups excluding carboxylic acids is 2. The summed E-state index contributed by atoms with van der Waals surface area (Å²) in [5.74, 6) is -0.142. The molecule has 2 amide bonds. The molecular weight excluding hydrogens is 258 g/mol. The van der Waals surface area contributed by atoms with E-state index in [2.05, 4.69) is 10.2 Å². The van der Waals surface area contributed by atoms with Crippen LogP contribution in [0.4, 0.5) is 0 Å². The molecule has 0 aromatic heterocycles. The van der Waals surface area contributed by atoms with E-state index in [4.69, 9.17) is 4.74 Å². The Bertz CT molecular complexity index is 317. The summed E-state index contributed by atoms with van der Waals surface area (Å²) in [4.78, 5) is 27.3. The zero-order chi connectivity index (χ0) is 15.0. The van der Waals surface area contributed by atoms with Crippen molar-refractivity contribution in [3.8, 4) is 0 Å². The van der Waals surface area contributed by atoms with Gasteiger partial charge in [-0.05, 0) is 13.3 Å². The van der Waals surface area contributed by atoms with Crippen LogP contribution in [0.15, 0.2) is 0 Å². The van der Waals surface area contributed by atoms with Crippen molar-refractivity contribution in [2.45, 2.75) is 33.2 Å². The molecule has 0 aromatic rings. The molecule has 6 nitrogen and oxygen atoms in total. The lowest BCUT2D eigenvalue weighted by Crippen LogP contribution is -2.46. The highest BCUT2D eigenvalue weighted by Gasteiger charge is 2.18. The van der Waals surface area contributed by atoms with Crippen molar-refractivity contribution >= 4 is 11.8 Å². The first-order valence-corrected chi connectivity index (χ1v) is 7.38. The van der Waals surface area contributed by atoms with E-state index in [1.165, 1.54) is 6.92 Å². The van der Waals surface area contributed by atoms with Gasteiger partial charge in [-0.3, -0.25) is 14.5 Å². The van der Waals surface area contributed by atoms with E-state index < -0.39 is 0 Å². The Morgan fingerprint density at radius 3 is 2.55 bits per heavy atom. The van der Waals surface area contributed by atoms with Crippen LogP contribution in [0.3, 0.4) is 0 Å². The number of hydrogen-bond donors (Lipinski definition) is 1. The predicted octanol–water partition coefficient (Wildman–Crippen LogP) is 0.0818. The van der Waals surface area contributed by atoms with Crippen LogP contribution in [0.5, 0.6) is 0 Å². The zero-order valence-electron chi connectivity index (χ0n) is 12.9. The van der Waals surface area contributed by atoms with Crippen molar-refractivity contribution in [2.24, 2.45) is 0 Å². The van der Waals surface area contributed by atoms with E-state index in [1.807, 2.05) is 13.8 Å². The van der Waals surface area contributed by atoms with Crippen molar-refractivity contribution in [2.75, 3.05) is 45.9 Å². The summed E-state index contributed by atoms with van der Waals surface area (Å²) in [6.07, 6.45) is 0.848. The van der Waals surface area contributed by atoms with E-state index >= 15 is 0 Å². The Hall–Kier alpha value is -1.14. The molecule has 0 aromatic carbocycles. The van der Waals surface area contributed by atoms with Crippen molar-refractivity contribution in [1.82, 2.24) is 15.1 Å². The molecule has 6 heteroatoms. The van der Waals surface area contributed by atoms with Gasteiger partial charge in [-0.25, -0.2) is 0 Å². The smallest absolute Gasteiger partial charge is 0.239 e. The van der Waals surface area contributed by atoms with Crippen molar-refractivity contribution < 1.29 is 14.3 Å². The van der Waals surface area contributed by atoms with Crippen LogP contribution in [-0.4, -0.2) is 73.6 Å². The van der Waals surface area contributed by atoms with Gasteiger partial charge in [0.15, 0.2) is 0 Å². The van der Waals surface area contributed by atoms with Gasteiger partial charge in [0.2, 0.25) is 11.8 Å². The number of ether oxygens (including phenoxy) is 1. The lowest BCUT2D eigenvalue weighted by molar-refractivity contribution is -0.136. The van der Waals surface area contributed by atoms with Crippen LogP contribution in [0, 0.1) is 0 Å². The van der Waals surface area contributed by atoms with Crippen LogP contribution < -0.4 is 5.32 Å². The summed E-state index contributed by atoms with van der Waals surface area (Å²) in [6, 6.07) is 0.0949. The van der Waals surface area contributed by atoms with Gasteiger partial charge >= 0.3 is 0 Å². The highest BCUT2D eigenvalue weighted by Crippen LogP contribution is 2.03. The number of nitrogens with zero attached hydrogens (tertiary/aromatic N) is 2. The summed E-state index contributed by atoms with van der Waals surface area (Å²) in [6.45, 7) is 10.4. The van der Waals surface area contributed by atoms with Gasteiger partial charge in [-0.15, -0.1) is 0 Å². The Labute approximate surface area is 121 Å². The molecule has 0 spiro atoms. The number of morpholine rings is 1. The quantitative estimate of drug-likeness (QED) is 0.720. The van der Waals surface area contributed by atoms with Crippen LogP contribution in [-0.2, 0) is 14.3 Å². The first-order valence-electron chi connectivity index (χ1n) is 7.38. The van der Waals surface area contributed by atoms with Crippen molar-refractivity contribution in [1.29, 1.82) is 0 Å². The van der Waals surface area contributed by atoms with Gasteiger partial charge < -0.3 is 15.0 Å². The number of nitrogens with one attached hydrogen (secondary N) is 1. The zero-order valence-corrected chi connectivity index (χ0v) is 12.9. The van der Waals surface area contributed by atoms with Gasteiger partial charge in [-0.1, -0.05) is 6.92 Å². The fraction of sp³-hybridized carbons (Fsp3) is 0.857. The molecule has 20 heavy (non-hydrogen) atoms. The van der Waals surface area contributed by atoms with Crippen LogP contribution in [0.1, 0.15) is 27.2 Å². The third kappa shape index (κ3) is 5.88. The molecule has 1 rings (SSSR count). The fourth-order valence-corrected chi connectivity index (χ4v) is 2.19.